The fourth-order valence-electron chi connectivity index (χ4n) is 3.34. The molecule has 4 aromatic carbocycles. The van der Waals surface area contributed by atoms with Gasteiger partial charge in [0.15, 0.2) is 0 Å². The van der Waals surface area contributed by atoms with Crippen LogP contribution in [-0.4, -0.2) is 0 Å². The van der Waals surface area contributed by atoms with E-state index in [0.717, 1.165) is 32.3 Å². The van der Waals surface area contributed by atoms with E-state index >= 15 is 0 Å². The van der Waals surface area contributed by atoms with Crippen LogP contribution in [0.1, 0.15) is 0 Å². The molecule has 0 unspecified atom stereocenters. The molecule has 0 spiro atoms. The quantitative estimate of drug-likeness (QED) is 0.296. The van der Waals surface area contributed by atoms with Crippen molar-refractivity contribution in [3.8, 4) is 0 Å². The summed E-state index contributed by atoms with van der Waals surface area (Å²) in [6.45, 7) is 0. The maximum absolute atomic E-state index is 14.2. The summed E-state index contributed by atoms with van der Waals surface area (Å²) < 4.78 is 25.2. The lowest BCUT2D eigenvalue weighted by atomic mass is 9.99. The molecule has 1 heterocycles. The molecule has 0 aliphatic carbocycles. The van der Waals surface area contributed by atoms with Gasteiger partial charge >= 0.3 is 8.32 Å². The Balaban J connectivity index is 2.23. The van der Waals surface area contributed by atoms with E-state index in [-0.39, 0.29) is 0 Å². The van der Waals surface area contributed by atoms with Crippen LogP contribution in [0.5, 0.6) is 0 Å². The van der Waals surface area contributed by atoms with Gasteiger partial charge in [0.05, 0.1) is 0 Å². The van der Waals surface area contributed by atoms with E-state index in [2.05, 4.69) is 0 Å². The average molecular weight is 334 g/mol. The standard InChI is InChI=1S/C20H12FO2P/c21-24-22-17-11-9-13-5-1-3-7-15(13)19(17)20-16-8-4-2-6-14(16)10-12-18(20)23-24/h1-12H. The SMILES string of the molecule is Fp1oc2ccc3ccccc3c2c2c(ccc3ccccc32)o1. The summed E-state index contributed by atoms with van der Waals surface area (Å²) >= 11 is 0. The minimum atomic E-state index is -2.50. The number of fused-ring (bicyclic) bond motifs is 7. The van der Waals surface area contributed by atoms with E-state index in [1.165, 1.54) is 0 Å². The van der Waals surface area contributed by atoms with Crippen LogP contribution in [0.25, 0.3) is 43.5 Å². The smallest absolute Gasteiger partial charge is 0.396 e. The number of halogens is 1. The molecule has 0 amide bonds. The van der Waals surface area contributed by atoms with Crippen molar-refractivity contribution in [1.82, 2.24) is 0 Å². The molecule has 0 radical (unpaired) electrons. The molecule has 0 aliphatic heterocycles. The van der Waals surface area contributed by atoms with Gasteiger partial charge in [-0.1, -0.05) is 60.7 Å². The van der Waals surface area contributed by atoms with E-state index in [1.807, 2.05) is 72.8 Å². The molecule has 0 fully saturated rings. The minimum Gasteiger partial charge on any atom is -0.396 e. The van der Waals surface area contributed by atoms with Crippen LogP contribution in [0.15, 0.2) is 81.2 Å². The topological polar surface area (TPSA) is 26.3 Å². The van der Waals surface area contributed by atoms with Gasteiger partial charge in [-0.15, -0.1) is 4.20 Å². The van der Waals surface area contributed by atoms with Gasteiger partial charge in [0.2, 0.25) is 0 Å². The number of hydrogen-bond donors (Lipinski definition) is 0. The zero-order valence-electron chi connectivity index (χ0n) is 12.6. The van der Waals surface area contributed by atoms with Gasteiger partial charge in [-0.3, -0.25) is 0 Å². The summed E-state index contributed by atoms with van der Waals surface area (Å²) in [5.74, 6) is 0. The second kappa shape index (κ2) is 5.12. The molecular formula is C20H12FO2P. The fourth-order valence-corrected chi connectivity index (χ4v) is 4.00. The highest BCUT2D eigenvalue weighted by Gasteiger charge is 2.12. The predicted octanol–water partition coefficient (Wildman–Crippen LogP) is 7.33. The van der Waals surface area contributed by atoms with Crippen molar-refractivity contribution in [2.45, 2.75) is 0 Å². The highest BCUT2D eigenvalue weighted by molar-refractivity contribution is 7.31. The third kappa shape index (κ3) is 1.95. The second-order valence-corrected chi connectivity index (χ2v) is 6.51. The van der Waals surface area contributed by atoms with Crippen LogP contribution < -0.4 is 0 Å². The van der Waals surface area contributed by atoms with Crippen LogP contribution in [0.2, 0.25) is 0 Å². The van der Waals surface area contributed by atoms with Gasteiger partial charge in [-0.25, -0.2) is 0 Å². The van der Waals surface area contributed by atoms with Crippen LogP contribution in [-0.2, 0) is 0 Å². The molecule has 0 saturated heterocycles. The lowest BCUT2D eigenvalue weighted by molar-refractivity contribution is 0.582. The van der Waals surface area contributed by atoms with Gasteiger partial charge in [0.25, 0.3) is 0 Å². The summed E-state index contributed by atoms with van der Waals surface area (Å²) in [6.07, 6.45) is 0. The van der Waals surface area contributed by atoms with Crippen molar-refractivity contribution < 1.29 is 12.6 Å². The third-order valence-electron chi connectivity index (χ3n) is 4.37. The molecule has 0 N–H and O–H groups in total. The first-order valence-corrected chi connectivity index (χ1v) is 8.74. The molecule has 5 aromatic rings. The summed E-state index contributed by atoms with van der Waals surface area (Å²) in [5, 5.41) is 6.01. The lowest BCUT2D eigenvalue weighted by Gasteiger charge is -2.05. The Kier molecular flexibility index (Phi) is 2.91. The Bertz CT molecular complexity index is 1180. The van der Waals surface area contributed by atoms with E-state index in [9.17, 15) is 4.20 Å². The average Bonchev–Trinajstić information content (AvgIpc) is 2.77. The van der Waals surface area contributed by atoms with Crippen molar-refractivity contribution in [2.24, 2.45) is 0 Å². The largest absolute Gasteiger partial charge is 0.430 e. The number of hydrogen-bond acceptors (Lipinski definition) is 2. The van der Waals surface area contributed by atoms with E-state index < -0.39 is 8.32 Å². The molecule has 1 aromatic heterocycles. The normalized spacial score (nSPS) is 11.5. The Morgan fingerprint density at radius 1 is 0.583 bits per heavy atom. The Labute approximate surface area is 137 Å². The Morgan fingerprint density at radius 2 is 1.04 bits per heavy atom. The van der Waals surface area contributed by atoms with Crippen LogP contribution >= 0.6 is 8.32 Å². The maximum Gasteiger partial charge on any atom is 0.430 e. The van der Waals surface area contributed by atoms with E-state index in [4.69, 9.17) is 8.39 Å². The summed E-state index contributed by atoms with van der Waals surface area (Å²) in [6, 6.07) is 23.7. The van der Waals surface area contributed by atoms with Gasteiger partial charge in [0.1, 0.15) is 11.2 Å². The van der Waals surface area contributed by atoms with Crippen LogP contribution in [0.3, 0.4) is 0 Å². The molecule has 0 saturated carbocycles. The molecule has 2 nitrogen and oxygen atoms in total. The molecule has 0 bridgehead atoms. The Morgan fingerprint density at radius 3 is 1.54 bits per heavy atom. The van der Waals surface area contributed by atoms with Crippen molar-refractivity contribution in [3.63, 3.8) is 0 Å². The summed E-state index contributed by atoms with van der Waals surface area (Å²) in [7, 11) is -2.50. The lowest BCUT2D eigenvalue weighted by Crippen LogP contribution is -1.79. The van der Waals surface area contributed by atoms with Gasteiger partial charge in [0, 0.05) is 10.8 Å². The number of benzene rings is 4. The highest BCUT2D eigenvalue weighted by Crippen LogP contribution is 2.41. The van der Waals surface area contributed by atoms with Crippen molar-refractivity contribution in [1.29, 1.82) is 0 Å². The van der Waals surface area contributed by atoms with Crippen LogP contribution in [0, 0.1) is 0 Å². The first-order valence-electron chi connectivity index (χ1n) is 7.67. The second-order valence-electron chi connectivity index (χ2n) is 5.71. The molecule has 24 heavy (non-hydrogen) atoms. The molecule has 4 heteroatoms. The molecule has 0 aliphatic rings. The fraction of sp³-hybridized carbons (Fsp3) is 0. The minimum absolute atomic E-state index is 0.525. The molecular weight excluding hydrogens is 322 g/mol. The summed E-state index contributed by atoms with van der Waals surface area (Å²) in [5.41, 5.74) is 1.05. The van der Waals surface area contributed by atoms with Crippen molar-refractivity contribution >= 4 is 51.8 Å². The Hall–Kier alpha value is -2.77. The van der Waals surface area contributed by atoms with Crippen molar-refractivity contribution in [2.75, 3.05) is 0 Å². The zero-order chi connectivity index (χ0) is 16.1. The molecule has 0 atom stereocenters. The van der Waals surface area contributed by atoms with Crippen LogP contribution in [0.4, 0.5) is 4.20 Å². The zero-order valence-corrected chi connectivity index (χ0v) is 13.5. The van der Waals surface area contributed by atoms with E-state index in [1.54, 1.807) is 0 Å². The molecule has 5 rings (SSSR count). The third-order valence-corrected chi connectivity index (χ3v) is 5.05. The van der Waals surface area contributed by atoms with Gasteiger partial charge in [-0.05, 0) is 33.7 Å². The highest BCUT2D eigenvalue weighted by atomic mass is 31.1. The van der Waals surface area contributed by atoms with Gasteiger partial charge < -0.3 is 8.39 Å². The van der Waals surface area contributed by atoms with Gasteiger partial charge in [-0.2, -0.15) is 0 Å². The maximum atomic E-state index is 14.2. The van der Waals surface area contributed by atoms with E-state index in [0.29, 0.717) is 11.2 Å². The predicted molar refractivity (Wildman–Crippen MR) is 97.8 cm³/mol. The summed E-state index contributed by atoms with van der Waals surface area (Å²) in [4.78, 5) is 0. The van der Waals surface area contributed by atoms with Crippen molar-refractivity contribution in [3.05, 3.63) is 72.8 Å². The number of rotatable bonds is 0. The molecule has 116 valence electrons. The monoisotopic (exact) mass is 334 g/mol. The first-order chi connectivity index (χ1) is 11.8. The first kappa shape index (κ1) is 13.6.